The third-order valence-electron chi connectivity index (χ3n) is 5.72. The molecule has 0 spiro atoms. The summed E-state index contributed by atoms with van der Waals surface area (Å²) >= 11 is 0. The first-order valence-electron chi connectivity index (χ1n) is 10.2. The molecule has 3 rings (SSSR count). The monoisotopic (exact) mass is 504 g/mol. The maximum Gasteiger partial charge on any atom is 0.191 e. The molecule has 2 N–H and O–H groups in total. The van der Waals surface area contributed by atoms with Gasteiger partial charge < -0.3 is 15.4 Å². The summed E-state index contributed by atoms with van der Waals surface area (Å²) in [6.45, 7) is 11.5. The maximum atomic E-state index is 13.6. The van der Waals surface area contributed by atoms with E-state index in [2.05, 4.69) is 36.3 Å². The van der Waals surface area contributed by atoms with Crippen molar-refractivity contribution < 1.29 is 9.13 Å². The molecule has 2 unspecified atom stereocenters. The zero-order chi connectivity index (χ0) is 19.3. The third-order valence-corrected chi connectivity index (χ3v) is 5.72. The molecule has 1 aromatic carbocycles. The van der Waals surface area contributed by atoms with Gasteiger partial charge in [-0.1, -0.05) is 12.1 Å². The number of ether oxygens (including phenoxy) is 1. The summed E-state index contributed by atoms with van der Waals surface area (Å²) in [4.78, 5) is 7.30. The summed E-state index contributed by atoms with van der Waals surface area (Å²) < 4.78 is 19.1. The average molecular weight is 504 g/mol. The van der Waals surface area contributed by atoms with Crippen LogP contribution < -0.4 is 10.6 Å². The molecule has 2 fully saturated rings. The molecule has 28 heavy (non-hydrogen) atoms. The lowest BCUT2D eigenvalue weighted by atomic mass is 9.96. The Labute approximate surface area is 185 Å². The van der Waals surface area contributed by atoms with Crippen molar-refractivity contribution in [2.24, 2.45) is 4.99 Å². The van der Waals surface area contributed by atoms with E-state index in [0.29, 0.717) is 18.6 Å². The minimum atomic E-state index is -0.166. The van der Waals surface area contributed by atoms with Gasteiger partial charge in [-0.25, -0.2) is 4.39 Å². The average Bonchev–Trinajstić information content (AvgIpc) is 3.45. The van der Waals surface area contributed by atoms with E-state index in [0.717, 1.165) is 57.2 Å². The van der Waals surface area contributed by atoms with E-state index in [4.69, 9.17) is 9.73 Å². The predicted molar refractivity (Wildman–Crippen MR) is 123 cm³/mol. The van der Waals surface area contributed by atoms with Gasteiger partial charge in [0.2, 0.25) is 0 Å². The van der Waals surface area contributed by atoms with Crippen molar-refractivity contribution in [2.45, 2.75) is 51.1 Å². The molecule has 0 radical (unpaired) electrons. The second-order valence-corrected chi connectivity index (χ2v) is 7.88. The van der Waals surface area contributed by atoms with Crippen molar-refractivity contribution >= 4 is 29.9 Å². The van der Waals surface area contributed by atoms with E-state index >= 15 is 0 Å². The SMILES string of the molecule is CCNC(=NCC1(c2cccc(F)c2)CC1)NCC(C)N1CCOCC1C.I. The molecule has 7 heteroatoms. The lowest BCUT2D eigenvalue weighted by Gasteiger charge is -2.38. The Morgan fingerprint density at radius 3 is 2.82 bits per heavy atom. The van der Waals surface area contributed by atoms with Gasteiger partial charge in [0.1, 0.15) is 5.82 Å². The molecule has 158 valence electrons. The molecule has 1 aliphatic carbocycles. The lowest BCUT2D eigenvalue weighted by molar-refractivity contribution is -0.0174. The van der Waals surface area contributed by atoms with Crippen LogP contribution in [-0.2, 0) is 10.2 Å². The van der Waals surface area contributed by atoms with Crippen LogP contribution in [0.5, 0.6) is 0 Å². The first-order valence-corrected chi connectivity index (χ1v) is 10.2. The molecule has 1 saturated heterocycles. The highest BCUT2D eigenvalue weighted by Crippen LogP contribution is 2.48. The van der Waals surface area contributed by atoms with Crippen molar-refractivity contribution in [2.75, 3.05) is 39.4 Å². The summed E-state index contributed by atoms with van der Waals surface area (Å²) in [7, 11) is 0. The van der Waals surface area contributed by atoms with Gasteiger partial charge in [-0.2, -0.15) is 0 Å². The highest BCUT2D eigenvalue weighted by Gasteiger charge is 2.44. The molecule has 2 aliphatic rings. The Morgan fingerprint density at radius 2 is 2.18 bits per heavy atom. The Bertz CT molecular complexity index is 653. The maximum absolute atomic E-state index is 13.6. The Morgan fingerprint density at radius 1 is 1.39 bits per heavy atom. The van der Waals surface area contributed by atoms with E-state index in [1.807, 2.05) is 6.07 Å². The highest BCUT2D eigenvalue weighted by molar-refractivity contribution is 14.0. The van der Waals surface area contributed by atoms with Crippen LogP contribution in [0.3, 0.4) is 0 Å². The molecule has 0 amide bonds. The Hall–Kier alpha value is -0.930. The third kappa shape index (κ3) is 6.03. The second kappa shape index (κ2) is 10.7. The molecule has 1 saturated carbocycles. The van der Waals surface area contributed by atoms with Crippen molar-refractivity contribution in [3.05, 3.63) is 35.6 Å². The lowest BCUT2D eigenvalue weighted by Crippen LogP contribution is -2.53. The number of benzene rings is 1. The number of nitrogens with zero attached hydrogens (tertiary/aromatic N) is 2. The molecule has 2 atom stereocenters. The van der Waals surface area contributed by atoms with Crippen molar-refractivity contribution in [1.82, 2.24) is 15.5 Å². The molecule has 0 bridgehead atoms. The van der Waals surface area contributed by atoms with Gasteiger partial charge in [-0.3, -0.25) is 9.89 Å². The number of morpholine rings is 1. The number of aliphatic imine (C=N–C) groups is 1. The van der Waals surface area contributed by atoms with E-state index in [9.17, 15) is 4.39 Å². The zero-order valence-corrected chi connectivity index (χ0v) is 19.5. The summed E-state index contributed by atoms with van der Waals surface area (Å²) in [5.74, 6) is 0.675. The zero-order valence-electron chi connectivity index (χ0n) is 17.2. The van der Waals surface area contributed by atoms with Gasteiger partial charge in [0.05, 0.1) is 19.8 Å². The van der Waals surface area contributed by atoms with Gasteiger partial charge in [0.15, 0.2) is 5.96 Å². The minimum absolute atomic E-state index is 0. The van der Waals surface area contributed by atoms with Crippen molar-refractivity contribution in [3.8, 4) is 0 Å². The molecular weight excluding hydrogens is 470 g/mol. The summed E-state index contributed by atoms with van der Waals surface area (Å²) in [6, 6.07) is 7.83. The second-order valence-electron chi connectivity index (χ2n) is 7.88. The summed E-state index contributed by atoms with van der Waals surface area (Å²) in [6.07, 6.45) is 2.14. The van der Waals surface area contributed by atoms with Gasteiger partial charge in [-0.05, 0) is 51.3 Å². The molecular formula is C21H34FIN4O. The number of nitrogens with one attached hydrogen (secondary N) is 2. The first kappa shape index (κ1) is 23.3. The fourth-order valence-corrected chi connectivity index (χ4v) is 3.84. The van der Waals surface area contributed by atoms with Crippen LogP contribution in [-0.4, -0.2) is 62.3 Å². The number of guanidine groups is 1. The van der Waals surface area contributed by atoms with Crippen LogP contribution in [0.4, 0.5) is 4.39 Å². The van der Waals surface area contributed by atoms with Gasteiger partial charge in [0, 0.05) is 37.1 Å². The van der Waals surface area contributed by atoms with Crippen LogP contribution in [0.1, 0.15) is 39.2 Å². The van der Waals surface area contributed by atoms with Crippen LogP contribution in [0.2, 0.25) is 0 Å². The Balaban J connectivity index is 0.00000280. The fourth-order valence-electron chi connectivity index (χ4n) is 3.84. The number of rotatable bonds is 7. The molecule has 5 nitrogen and oxygen atoms in total. The van der Waals surface area contributed by atoms with Crippen LogP contribution in [0.25, 0.3) is 0 Å². The molecule has 1 aliphatic heterocycles. The topological polar surface area (TPSA) is 48.9 Å². The number of hydrogen-bond acceptors (Lipinski definition) is 3. The van der Waals surface area contributed by atoms with Crippen LogP contribution >= 0.6 is 24.0 Å². The van der Waals surface area contributed by atoms with Gasteiger partial charge in [-0.15, -0.1) is 24.0 Å². The van der Waals surface area contributed by atoms with Crippen LogP contribution in [0, 0.1) is 5.82 Å². The molecule has 1 heterocycles. The normalized spacial score (nSPS) is 22.9. The van der Waals surface area contributed by atoms with Crippen molar-refractivity contribution in [1.29, 1.82) is 0 Å². The highest BCUT2D eigenvalue weighted by atomic mass is 127. The van der Waals surface area contributed by atoms with E-state index in [-0.39, 0.29) is 35.2 Å². The van der Waals surface area contributed by atoms with E-state index in [1.165, 1.54) is 6.07 Å². The largest absolute Gasteiger partial charge is 0.379 e. The minimum Gasteiger partial charge on any atom is -0.379 e. The van der Waals surface area contributed by atoms with Crippen molar-refractivity contribution in [3.63, 3.8) is 0 Å². The predicted octanol–water partition coefficient (Wildman–Crippen LogP) is 3.14. The number of halogens is 2. The number of hydrogen-bond donors (Lipinski definition) is 2. The van der Waals surface area contributed by atoms with Gasteiger partial charge >= 0.3 is 0 Å². The van der Waals surface area contributed by atoms with E-state index in [1.54, 1.807) is 12.1 Å². The van der Waals surface area contributed by atoms with Gasteiger partial charge in [0.25, 0.3) is 0 Å². The first-order chi connectivity index (χ1) is 13.0. The van der Waals surface area contributed by atoms with Crippen LogP contribution in [0.15, 0.2) is 29.3 Å². The fraction of sp³-hybridized carbons (Fsp3) is 0.667. The molecule has 1 aromatic rings. The summed E-state index contributed by atoms with van der Waals surface area (Å²) in [5.41, 5.74) is 1.08. The summed E-state index contributed by atoms with van der Waals surface area (Å²) in [5, 5.41) is 6.82. The molecule has 0 aromatic heterocycles. The quantitative estimate of drug-likeness (QED) is 0.341. The Kier molecular flexibility index (Phi) is 8.95. The standard InChI is InChI=1S/C21H33FN4O.HI/c1-4-23-20(24-13-16(2)26-10-11-27-14-17(26)3)25-15-21(8-9-21)18-6-5-7-19(22)12-18;/h5-7,12,16-17H,4,8-11,13-15H2,1-3H3,(H2,23,24,25);1H. The van der Waals surface area contributed by atoms with E-state index < -0.39 is 0 Å². The smallest absolute Gasteiger partial charge is 0.191 e.